The Balaban J connectivity index is 1.63. The summed E-state index contributed by atoms with van der Waals surface area (Å²) in [4.78, 5) is 2.44. The van der Waals surface area contributed by atoms with Gasteiger partial charge in [-0.3, -0.25) is 0 Å². The third-order valence-electron chi connectivity index (χ3n) is 4.58. The number of benzene rings is 1. The van der Waals surface area contributed by atoms with Crippen LogP contribution >= 0.6 is 0 Å². The summed E-state index contributed by atoms with van der Waals surface area (Å²) < 4.78 is 5.19. The SMILES string of the molecule is COc1ccc(CC(C)NCCC2CCN(C)CC2)cc1. The van der Waals surface area contributed by atoms with Crippen LogP contribution in [0.5, 0.6) is 5.75 Å². The highest BCUT2D eigenvalue weighted by Gasteiger charge is 2.16. The van der Waals surface area contributed by atoms with E-state index in [-0.39, 0.29) is 0 Å². The monoisotopic (exact) mass is 290 g/mol. The zero-order valence-electron chi connectivity index (χ0n) is 13.8. The van der Waals surface area contributed by atoms with E-state index in [1.807, 2.05) is 12.1 Å². The lowest BCUT2D eigenvalue weighted by atomic mass is 9.94. The normalized spacial score (nSPS) is 18.6. The van der Waals surface area contributed by atoms with Crippen molar-refractivity contribution in [3.63, 3.8) is 0 Å². The van der Waals surface area contributed by atoms with Crippen molar-refractivity contribution in [2.24, 2.45) is 5.92 Å². The minimum Gasteiger partial charge on any atom is -0.497 e. The minimum absolute atomic E-state index is 0.532. The molecule has 1 fully saturated rings. The lowest BCUT2D eigenvalue weighted by Gasteiger charge is -2.29. The van der Waals surface area contributed by atoms with E-state index in [1.165, 1.54) is 37.9 Å². The summed E-state index contributed by atoms with van der Waals surface area (Å²) in [6, 6.07) is 8.94. The Morgan fingerprint density at radius 3 is 2.52 bits per heavy atom. The van der Waals surface area contributed by atoms with Crippen LogP contribution in [0.15, 0.2) is 24.3 Å². The van der Waals surface area contributed by atoms with Crippen LogP contribution in [0.3, 0.4) is 0 Å². The molecule has 1 atom stereocenters. The number of methoxy groups -OCH3 is 1. The van der Waals surface area contributed by atoms with Gasteiger partial charge in [0.05, 0.1) is 7.11 Å². The van der Waals surface area contributed by atoms with E-state index >= 15 is 0 Å². The molecule has 3 nitrogen and oxygen atoms in total. The molecule has 1 aliphatic heterocycles. The molecule has 0 bridgehead atoms. The summed E-state index contributed by atoms with van der Waals surface area (Å²) in [6.45, 7) is 5.96. The second-order valence-electron chi connectivity index (χ2n) is 6.44. The summed E-state index contributed by atoms with van der Waals surface area (Å²) in [5.41, 5.74) is 1.37. The van der Waals surface area contributed by atoms with Crippen molar-refractivity contribution in [3.8, 4) is 5.75 Å². The molecular weight excluding hydrogens is 260 g/mol. The fourth-order valence-electron chi connectivity index (χ4n) is 3.07. The average Bonchev–Trinajstić information content (AvgIpc) is 2.50. The van der Waals surface area contributed by atoms with Gasteiger partial charge in [-0.2, -0.15) is 0 Å². The Labute approximate surface area is 129 Å². The quantitative estimate of drug-likeness (QED) is 0.835. The van der Waals surface area contributed by atoms with Crippen LogP contribution in [0.4, 0.5) is 0 Å². The summed E-state index contributed by atoms with van der Waals surface area (Å²) in [6.07, 6.45) is 5.13. The number of rotatable bonds is 7. The zero-order valence-corrected chi connectivity index (χ0v) is 13.8. The molecule has 1 saturated heterocycles. The second-order valence-corrected chi connectivity index (χ2v) is 6.44. The molecule has 1 aromatic rings. The Morgan fingerprint density at radius 2 is 1.90 bits per heavy atom. The summed E-state index contributed by atoms with van der Waals surface area (Å²) in [5.74, 6) is 1.85. The van der Waals surface area contributed by atoms with Gasteiger partial charge < -0.3 is 15.0 Å². The molecule has 1 aliphatic rings. The van der Waals surface area contributed by atoms with E-state index in [2.05, 4.69) is 36.3 Å². The van der Waals surface area contributed by atoms with Gasteiger partial charge in [0.1, 0.15) is 5.75 Å². The van der Waals surface area contributed by atoms with Gasteiger partial charge in [-0.1, -0.05) is 12.1 Å². The van der Waals surface area contributed by atoms with Crippen molar-refractivity contribution >= 4 is 0 Å². The Morgan fingerprint density at radius 1 is 1.24 bits per heavy atom. The summed E-state index contributed by atoms with van der Waals surface area (Å²) in [7, 11) is 3.94. The predicted molar refractivity (Wildman–Crippen MR) is 89.0 cm³/mol. The van der Waals surface area contributed by atoms with Gasteiger partial charge >= 0.3 is 0 Å². The molecule has 0 spiro atoms. The molecule has 0 radical (unpaired) electrons. The number of nitrogens with zero attached hydrogens (tertiary/aromatic N) is 1. The molecule has 1 N–H and O–H groups in total. The van der Waals surface area contributed by atoms with E-state index in [9.17, 15) is 0 Å². The maximum Gasteiger partial charge on any atom is 0.118 e. The average molecular weight is 290 g/mol. The third kappa shape index (κ3) is 5.68. The van der Waals surface area contributed by atoms with Crippen molar-refractivity contribution in [1.82, 2.24) is 10.2 Å². The van der Waals surface area contributed by atoms with Gasteiger partial charge in [0, 0.05) is 6.04 Å². The van der Waals surface area contributed by atoms with Crippen molar-refractivity contribution < 1.29 is 4.74 Å². The van der Waals surface area contributed by atoms with Crippen molar-refractivity contribution in [1.29, 1.82) is 0 Å². The fourth-order valence-corrected chi connectivity index (χ4v) is 3.07. The molecule has 0 aromatic heterocycles. The van der Waals surface area contributed by atoms with Crippen LogP contribution in [0.25, 0.3) is 0 Å². The molecule has 1 unspecified atom stereocenters. The van der Waals surface area contributed by atoms with Gasteiger partial charge in [-0.05, 0) is 82.9 Å². The van der Waals surface area contributed by atoms with E-state index in [1.54, 1.807) is 7.11 Å². The highest BCUT2D eigenvalue weighted by molar-refractivity contribution is 5.27. The van der Waals surface area contributed by atoms with Gasteiger partial charge in [0.15, 0.2) is 0 Å². The largest absolute Gasteiger partial charge is 0.497 e. The highest BCUT2D eigenvalue weighted by atomic mass is 16.5. The first-order valence-electron chi connectivity index (χ1n) is 8.22. The predicted octanol–water partition coefficient (Wildman–Crippen LogP) is 2.95. The van der Waals surface area contributed by atoms with E-state index in [0.29, 0.717) is 6.04 Å². The van der Waals surface area contributed by atoms with Gasteiger partial charge in [-0.15, -0.1) is 0 Å². The zero-order chi connectivity index (χ0) is 15.1. The molecule has 3 heteroatoms. The molecule has 118 valence electrons. The Hall–Kier alpha value is -1.06. The first-order chi connectivity index (χ1) is 10.2. The van der Waals surface area contributed by atoms with Crippen LogP contribution < -0.4 is 10.1 Å². The Bertz CT molecular complexity index is 396. The van der Waals surface area contributed by atoms with E-state index in [4.69, 9.17) is 4.74 Å². The fraction of sp³-hybridized carbons (Fsp3) is 0.667. The van der Waals surface area contributed by atoms with Crippen LogP contribution in [0.2, 0.25) is 0 Å². The van der Waals surface area contributed by atoms with Gasteiger partial charge in [-0.25, -0.2) is 0 Å². The van der Waals surface area contributed by atoms with Crippen molar-refractivity contribution in [2.75, 3.05) is 33.8 Å². The first-order valence-corrected chi connectivity index (χ1v) is 8.22. The molecular formula is C18H30N2O. The standard InChI is InChI=1S/C18H30N2O/c1-15(14-17-4-6-18(21-3)7-5-17)19-11-8-16-9-12-20(2)13-10-16/h4-7,15-16,19H,8-14H2,1-3H3. The van der Waals surface area contributed by atoms with Crippen LogP contribution in [0.1, 0.15) is 31.7 Å². The summed E-state index contributed by atoms with van der Waals surface area (Å²) >= 11 is 0. The van der Waals surface area contributed by atoms with E-state index < -0.39 is 0 Å². The number of piperidine rings is 1. The molecule has 2 rings (SSSR count). The number of hydrogen-bond acceptors (Lipinski definition) is 3. The third-order valence-corrected chi connectivity index (χ3v) is 4.58. The molecule has 21 heavy (non-hydrogen) atoms. The maximum absolute atomic E-state index is 5.19. The molecule has 1 aromatic carbocycles. The van der Waals surface area contributed by atoms with Crippen LogP contribution in [-0.2, 0) is 6.42 Å². The molecule has 0 amide bonds. The van der Waals surface area contributed by atoms with Gasteiger partial charge in [0.2, 0.25) is 0 Å². The second kappa shape index (κ2) is 8.40. The summed E-state index contributed by atoms with van der Waals surface area (Å²) in [5, 5.41) is 3.67. The molecule has 0 saturated carbocycles. The van der Waals surface area contributed by atoms with Crippen molar-refractivity contribution in [3.05, 3.63) is 29.8 Å². The topological polar surface area (TPSA) is 24.5 Å². The van der Waals surface area contributed by atoms with E-state index in [0.717, 1.165) is 24.6 Å². The molecule has 0 aliphatic carbocycles. The number of likely N-dealkylation sites (tertiary alicyclic amines) is 1. The van der Waals surface area contributed by atoms with Crippen LogP contribution in [0, 0.1) is 5.92 Å². The maximum atomic E-state index is 5.19. The number of hydrogen-bond donors (Lipinski definition) is 1. The molecule has 1 heterocycles. The highest BCUT2D eigenvalue weighted by Crippen LogP contribution is 2.19. The smallest absolute Gasteiger partial charge is 0.118 e. The first kappa shape index (κ1) is 16.3. The number of nitrogens with one attached hydrogen (secondary N) is 1. The Kier molecular flexibility index (Phi) is 6.52. The lowest BCUT2D eigenvalue weighted by molar-refractivity contribution is 0.210. The number of ether oxygens (including phenoxy) is 1. The van der Waals surface area contributed by atoms with Gasteiger partial charge in [0.25, 0.3) is 0 Å². The van der Waals surface area contributed by atoms with Crippen molar-refractivity contribution in [2.45, 2.75) is 38.6 Å². The lowest BCUT2D eigenvalue weighted by Crippen LogP contribution is -2.34. The minimum atomic E-state index is 0.532. The van der Waals surface area contributed by atoms with Crippen LogP contribution in [-0.4, -0.2) is 44.7 Å².